The summed E-state index contributed by atoms with van der Waals surface area (Å²) >= 11 is 6.94. The number of rotatable bonds is 4. The molecule has 2 nitrogen and oxygen atoms in total. The molecule has 4 heteroatoms. The van der Waals surface area contributed by atoms with Crippen molar-refractivity contribution in [2.24, 2.45) is 5.73 Å². The Bertz CT molecular complexity index is 594. The van der Waals surface area contributed by atoms with Crippen molar-refractivity contribution in [2.45, 2.75) is 18.9 Å². The fourth-order valence-electron chi connectivity index (χ4n) is 2.21. The molecule has 0 heterocycles. The van der Waals surface area contributed by atoms with E-state index < -0.39 is 5.54 Å². The number of halogens is 2. The molecule has 0 fully saturated rings. The van der Waals surface area contributed by atoms with Crippen LogP contribution in [0.15, 0.2) is 51.4 Å². The highest BCUT2D eigenvalue weighted by Crippen LogP contribution is 2.30. The fraction of sp³-hybridized carbons (Fsp3) is 0.250. The van der Waals surface area contributed by atoms with Crippen LogP contribution in [0.3, 0.4) is 0 Å². The first-order valence-corrected chi connectivity index (χ1v) is 7.88. The third-order valence-corrected chi connectivity index (χ3v) is 4.33. The van der Waals surface area contributed by atoms with Crippen LogP contribution in [0.4, 0.5) is 0 Å². The average molecular weight is 399 g/mol. The maximum absolute atomic E-state index is 6.51. The Hall–Kier alpha value is -0.840. The molecule has 2 aromatic rings. The first-order chi connectivity index (χ1) is 9.42. The molecule has 0 radical (unpaired) electrons. The number of nitrogens with two attached hydrogens (primary N) is 1. The zero-order valence-corrected chi connectivity index (χ0v) is 14.7. The zero-order valence-electron chi connectivity index (χ0n) is 11.5. The van der Waals surface area contributed by atoms with Crippen LogP contribution in [0.2, 0.25) is 0 Å². The summed E-state index contributed by atoms with van der Waals surface area (Å²) in [6.45, 7) is 2.04. The predicted molar refractivity (Wildman–Crippen MR) is 90.1 cm³/mol. The number of hydrogen-bond donors (Lipinski definition) is 1. The predicted octanol–water partition coefficient (Wildman–Crippen LogP) is 4.64. The van der Waals surface area contributed by atoms with Crippen LogP contribution in [-0.4, -0.2) is 7.11 Å². The van der Waals surface area contributed by atoms with E-state index >= 15 is 0 Å². The normalized spacial score (nSPS) is 13.8. The van der Waals surface area contributed by atoms with E-state index in [2.05, 4.69) is 50.1 Å². The van der Waals surface area contributed by atoms with E-state index in [1.54, 1.807) is 7.11 Å². The minimum absolute atomic E-state index is 0.450. The van der Waals surface area contributed by atoms with Gasteiger partial charge < -0.3 is 10.5 Å². The lowest BCUT2D eigenvalue weighted by Crippen LogP contribution is -2.35. The molecular weight excluding hydrogens is 382 g/mol. The summed E-state index contributed by atoms with van der Waals surface area (Å²) in [5, 5.41) is 0. The molecule has 1 atom stereocenters. The molecule has 20 heavy (non-hydrogen) atoms. The second kappa shape index (κ2) is 6.29. The van der Waals surface area contributed by atoms with Gasteiger partial charge in [0.1, 0.15) is 5.75 Å². The summed E-state index contributed by atoms with van der Waals surface area (Å²) in [7, 11) is 1.68. The number of hydrogen-bond acceptors (Lipinski definition) is 2. The van der Waals surface area contributed by atoms with Crippen LogP contribution in [0, 0.1) is 0 Å². The third-order valence-electron chi connectivity index (χ3n) is 3.30. The zero-order chi connectivity index (χ0) is 14.8. The summed E-state index contributed by atoms with van der Waals surface area (Å²) in [6, 6.07) is 14.1. The Kier molecular flexibility index (Phi) is 4.89. The SMILES string of the molecule is COc1ccc(Br)cc1CC(C)(N)c1ccc(Br)cc1. The minimum Gasteiger partial charge on any atom is -0.496 e. The molecule has 0 aliphatic heterocycles. The molecular formula is C16H17Br2NO. The molecule has 0 spiro atoms. The minimum atomic E-state index is -0.450. The maximum Gasteiger partial charge on any atom is 0.122 e. The van der Waals surface area contributed by atoms with Crippen molar-refractivity contribution in [3.05, 3.63) is 62.5 Å². The van der Waals surface area contributed by atoms with E-state index in [0.29, 0.717) is 6.42 Å². The molecule has 0 aliphatic carbocycles. The third kappa shape index (κ3) is 3.62. The van der Waals surface area contributed by atoms with Gasteiger partial charge in [0.2, 0.25) is 0 Å². The highest BCUT2D eigenvalue weighted by atomic mass is 79.9. The first kappa shape index (κ1) is 15.5. The Morgan fingerprint density at radius 3 is 2.25 bits per heavy atom. The second-order valence-electron chi connectivity index (χ2n) is 5.06. The van der Waals surface area contributed by atoms with E-state index in [-0.39, 0.29) is 0 Å². The summed E-state index contributed by atoms with van der Waals surface area (Å²) < 4.78 is 7.50. The fourth-order valence-corrected chi connectivity index (χ4v) is 2.89. The van der Waals surface area contributed by atoms with Gasteiger partial charge in [0.15, 0.2) is 0 Å². The van der Waals surface area contributed by atoms with Gasteiger partial charge in [-0.15, -0.1) is 0 Å². The second-order valence-corrected chi connectivity index (χ2v) is 6.89. The summed E-state index contributed by atoms with van der Waals surface area (Å²) in [6.07, 6.45) is 0.706. The van der Waals surface area contributed by atoms with Crippen molar-refractivity contribution in [3.63, 3.8) is 0 Å². The molecule has 0 saturated heterocycles. The monoisotopic (exact) mass is 397 g/mol. The number of ether oxygens (including phenoxy) is 1. The molecule has 0 bridgehead atoms. The van der Waals surface area contributed by atoms with Crippen molar-refractivity contribution in [2.75, 3.05) is 7.11 Å². The van der Waals surface area contributed by atoms with Gasteiger partial charge in [-0.2, -0.15) is 0 Å². The average Bonchev–Trinajstić information content (AvgIpc) is 2.39. The molecule has 0 aromatic heterocycles. The van der Waals surface area contributed by atoms with Gasteiger partial charge in [0.25, 0.3) is 0 Å². The standard InChI is InChI=1S/C16H17Br2NO/c1-16(19,12-3-5-13(17)6-4-12)10-11-9-14(18)7-8-15(11)20-2/h3-9H,10,19H2,1-2H3. The van der Waals surface area contributed by atoms with Gasteiger partial charge >= 0.3 is 0 Å². The van der Waals surface area contributed by atoms with Gasteiger partial charge in [-0.3, -0.25) is 0 Å². The summed E-state index contributed by atoms with van der Waals surface area (Å²) in [4.78, 5) is 0. The molecule has 2 N–H and O–H groups in total. The van der Waals surface area contributed by atoms with E-state index in [1.807, 2.05) is 31.2 Å². The van der Waals surface area contributed by atoms with Crippen LogP contribution in [-0.2, 0) is 12.0 Å². The van der Waals surface area contributed by atoms with E-state index in [4.69, 9.17) is 10.5 Å². The van der Waals surface area contributed by atoms with Gasteiger partial charge in [0, 0.05) is 14.5 Å². The van der Waals surface area contributed by atoms with Crippen molar-refractivity contribution in [1.82, 2.24) is 0 Å². The van der Waals surface area contributed by atoms with Crippen LogP contribution < -0.4 is 10.5 Å². The summed E-state index contributed by atoms with van der Waals surface area (Å²) in [5.41, 5.74) is 8.25. The van der Waals surface area contributed by atoms with Crippen LogP contribution in [0.25, 0.3) is 0 Å². The smallest absolute Gasteiger partial charge is 0.122 e. The van der Waals surface area contributed by atoms with Gasteiger partial charge in [0.05, 0.1) is 7.11 Å². The van der Waals surface area contributed by atoms with Gasteiger partial charge in [-0.05, 0) is 54.8 Å². The lowest BCUT2D eigenvalue weighted by atomic mass is 9.86. The van der Waals surface area contributed by atoms with E-state index in [9.17, 15) is 0 Å². The van der Waals surface area contributed by atoms with Crippen molar-refractivity contribution >= 4 is 31.9 Å². The maximum atomic E-state index is 6.51. The topological polar surface area (TPSA) is 35.2 Å². The molecule has 1 unspecified atom stereocenters. The first-order valence-electron chi connectivity index (χ1n) is 6.30. The molecule has 2 rings (SSSR count). The molecule has 0 aliphatic rings. The molecule has 0 amide bonds. The lowest BCUT2D eigenvalue weighted by molar-refractivity contribution is 0.399. The van der Waals surface area contributed by atoms with Gasteiger partial charge in [-0.25, -0.2) is 0 Å². The number of methoxy groups -OCH3 is 1. The lowest BCUT2D eigenvalue weighted by Gasteiger charge is -2.26. The summed E-state index contributed by atoms with van der Waals surface area (Å²) in [5.74, 6) is 0.863. The van der Waals surface area contributed by atoms with E-state index in [0.717, 1.165) is 25.8 Å². The van der Waals surface area contributed by atoms with Crippen molar-refractivity contribution < 1.29 is 4.74 Å². The highest BCUT2D eigenvalue weighted by molar-refractivity contribution is 9.10. The van der Waals surface area contributed by atoms with E-state index in [1.165, 1.54) is 0 Å². The largest absolute Gasteiger partial charge is 0.496 e. The Labute approximate surface area is 136 Å². The Morgan fingerprint density at radius 2 is 1.65 bits per heavy atom. The molecule has 0 saturated carbocycles. The highest BCUT2D eigenvalue weighted by Gasteiger charge is 2.23. The van der Waals surface area contributed by atoms with Crippen molar-refractivity contribution in [1.29, 1.82) is 0 Å². The number of benzene rings is 2. The molecule has 2 aromatic carbocycles. The molecule has 106 valence electrons. The van der Waals surface area contributed by atoms with Crippen LogP contribution in [0.1, 0.15) is 18.1 Å². The Morgan fingerprint density at radius 1 is 1.05 bits per heavy atom. The van der Waals surface area contributed by atoms with Crippen LogP contribution >= 0.6 is 31.9 Å². The van der Waals surface area contributed by atoms with Crippen LogP contribution in [0.5, 0.6) is 5.75 Å². The quantitative estimate of drug-likeness (QED) is 0.814. The van der Waals surface area contributed by atoms with Gasteiger partial charge in [-0.1, -0.05) is 44.0 Å². The Balaban J connectivity index is 2.32. The van der Waals surface area contributed by atoms with Crippen molar-refractivity contribution in [3.8, 4) is 5.75 Å².